The highest BCUT2D eigenvalue weighted by Crippen LogP contribution is 2.32. The molecule has 0 saturated heterocycles. The third kappa shape index (κ3) is 4.94. The lowest BCUT2D eigenvalue weighted by Gasteiger charge is -2.37. The zero-order chi connectivity index (χ0) is 21.9. The summed E-state index contributed by atoms with van der Waals surface area (Å²) < 4.78 is 33.5. The van der Waals surface area contributed by atoms with Crippen molar-refractivity contribution in [2.24, 2.45) is 0 Å². The van der Waals surface area contributed by atoms with Gasteiger partial charge in [0, 0.05) is 25.2 Å². The predicted octanol–water partition coefficient (Wildman–Crippen LogP) is 2.73. The van der Waals surface area contributed by atoms with Gasteiger partial charge < -0.3 is 14.5 Å². The molecular weight excluding hydrogens is 402 g/mol. The molecule has 30 heavy (non-hydrogen) atoms. The van der Waals surface area contributed by atoms with Crippen molar-refractivity contribution >= 4 is 21.6 Å². The number of fused-ring (bicyclic) bond motifs is 1. The van der Waals surface area contributed by atoms with Crippen molar-refractivity contribution in [2.45, 2.75) is 37.8 Å². The molecule has 0 unspecified atom stereocenters. The fourth-order valence-corrected chi connectivity index (χ4v) is 4.85. The Hall–Kier alpha value is -2.58. The molecule has 2 aromatic carbocycles. The number of sulfonamides is 1. The number of para-hydroxylation sites is 2. The van der Waals surface area contributed by atoms with Crippen LogP contribution in [-0.4, -0.2) is 58.1 Å². The summed E-state index contributed by atoms with van der Waals surface area (Å²) in [6, 6.07) is 13.8. The summed E-state index contributed by atoms with van der Waals surface area (Å²) in [5.74, 6) is 0.561. The number of nitrogens with zero attached hydrogens (tertiary/aromatic N) is 2. The van der Waals surface area contributed by atoms with E-state index in [0.717, 1.165) is 18.0 Å². The molecule has 7 nitrogen and oxygen atoms in total. The molecule has 0 aliphatic carbocycles. The molecule has 1 N–H and O–H groups in total. The Bertz CT molecular complexity index is 1010. The molecule has 1 amide bonds. The molecule has 0 aromatic heterocycles. The van der Waals surface area contributed by atoms with Gasteiger partial charge in [0.05, 0.1) is 23.7 Å². The lowest BCUT2D eigenvalue weighted by Crippen LogP contribution is -2.46. The van der Waals surface area contributed by atoms with E-state index in [1.165, 1.54) is 12.1 Å². The Labute approximate surface area is 178 Å². The van der Waals surface area contributed by atoms with Gasteiger partial charge in [-0.3, -0.25) is 4.79 Å². The number of nitrogens with one attached hydrogen (secondary N) is 1. The fourth-order valence-electron chi connectivity index (χ4n) is 3.56. The molecule has 0 spiro atoms. The Morgan fingerprint density at radius 2 is 1.97 bits per heavy atom. The smallest absolute Gasteiger partial charge is 0.253 e. The van der Waals surface area contributed by atoms with Crippen LogP contribution in [0.2, 0.25) is 0 Å². The second-order valence-electron chi connectivity index (χ2n) is 7.74. The van der Waals surface area contributed by atoms with Gasteiger partial charge in [-0.1, -0.05) is 18.2 Å². The molecule has 0 fully saturated rings. The van der Waals surface area contributed by atoms with Crippen molar-refractivity contribution in [1.82, 2.24) is 9.62 Å². The standard InChI is InChI=1S/C22H29N3O4S/c1-5-25-15-18(29-21-12-7-6-11-20(21)25)14-24(4)22(26)17-9-8-10-19(13-17)30(27,28)23-16(2)3/h6-13,16,18,23H,5,14-15H2,1-4H3/t18-/m0/s1. The van der Waals surface area contributed by atoms with Gasteiger partial charge >= 0.3 is 0 Å². The average molecular weight is 432 g/mol. The Kier molecular flexibility index (Phi) is 6.67. The monoisotopic (exact) mass is 431 g/mol. The van der Waals surface area contributed by atoms with E-state index in [-0.39, 0.29) is 22.9 Å². The van der Waals surface area contributed by atoms with Crippen LogP contribution < -0.4 is 14.4 Å². The van der Waals surface area contributed by atoms with Gasteiger partial charge in [-0.2, -0.15) is 0 Å². The van der Waals surface area contributed by atoms with Gasteiger partial charge in [-0.15, -0.1) is 0 Å². The predicted molar refractivity (Wildman–Crippen MR) is 118 cm³/mol. The molecule has 1 heterocycles. The van der Waals surface area contributed by atoms with Crippen LogP contribution in [0.3, 0.4) is 0 Å². The summed E-state index contributed by atoms with van der Waals surface area (Å²) in [5.41, 5.74) is 1.38. The number of hydrogen-bond donors (Lipinski definition) is 1. The van der Waals surface area contributed by atoms with Crippen LogP contribution in [0.15, 0.2) is 53.4 Å². The maximum absolute atomic E-state index is 13.0. The number of ether oxygens (including phenoxy) is 1. The van der Waals surface area contributed by atoms with Gasteiger partial charge in [-0.25, -0.2) is 13.1 Å². The number of carbonyl (C=O) groups excluding carboxylic acids is 1. The maximum atomic E-state index is 13.0. The Morgan fingerprint density at radius 3 is 2.67 bits per heavy atom. The number of benzene rings is 2. The highest BCUT2D eigenvalue weighted by atomic mass is 32.2. The number of amides is 1. The van der Waals surface area contributed by atoms with Crippen LogP contribution in [0.4, 0.5) is 5.69 Å². The zero-order valence-electron chi connectivity index (χ0n) is 17.8. The molecule has 0 radical (unpaired) electrons. The number of rotatable bonds is 7. The van der Waals surface area contributed by atoms with Crippen LogP contribution in [0.1, 0.15) is 31.1 Å². The topological polar surface area (TPSA) is 79.0 Å². The van der Waals surface area contributed by atoms with E-state index in [9.17, 15) is 13.2 Å². The highest BCUT2D eigenvalue weighted by molar-refractivity contribution is 7.89. The molecule has 1 aliphatic rings. The second-order valence-corrected chi connectivity index (χ2v) is 9.45. The average Bonchev–Trinajstić information content (AvgIpc) is 2.71. The van der Waals surface area contributed by atoms with E-state index in [4.69, 9.17) is 4.74 Å². The first-order valence-electron chi connectivity index (χ1n) is 10.1. The summed E-state index contributed by atoms with van der Waals surface area (Å²) in [4.78, 5) is 16.8. The summed E-state index contributed by atoms with van der Waals surface area (Å²) >= 11 is 0. The molecule has 1 atom stereocenters. The van der Waals surface area contributed by atoms with Gasteiger partial charge in [-0.05, 0) is 51.1 Å². The molecule has 2 aromatic rings. The third-order valence-corrected chi connectivity index (χ3v) is 6.57. The first kappa shape index (κ1) is 22.1. The van der Waals surface area contributed by atoms with Crippen LogP contribution in [0.25, 0.3) is 0 Å². The maximum Gasteiger partial charge on any atom is 0.253 e. The number of likely N-dealkylation sites (N-methyl/N-ethyl adjacent to an activating group) is 2. The van der Waals surface area contributed by atoms with Crippen molar-refractivity contribution in [3.63, 3.8) is 0 Å². The first-order chi connectivity index (χ1) is 14.2. The Balaban J connectivity index is 1.73. The lowest BCUT2D eigenvalue weighted by atomic mass is 10.1. The molecule has 162 valence electrons. The van der Waals surface area contributed by atoms with Crippen molar-refractivity contribution < 1.29 is 17.9 Å². The van der Waals surface area contributed by atoms with E-state index in [2.05, 4.69) is 16.5 Å². The van der Waals surface area contributed by atoms with E-state index in [1.807, 2.05) is 24.3 Å². The molecule has 0 saturated carbocycles. The number of carbonyl (C=O) groups is 1. The summed E-state index contributed by atoms with van der Waals surface area (Å²) in [5, 5.41) is 0. The van der Waals surface area contributed by atoms with Crippen LogP contribution >= 0.6 is 0 Å². The minimum Gasteiger partial charge on any atom is -0.485 e. The van der Waals surface area contributed by atoms with E-state index < -0.39 is 10.0 Å². The van der Waals surface area contributed by atoms with Gasteiger partial charge in [0.15, 0.2) is 0 Å². The van der Waals surface area contributed by atoms with Crippen molar-refractivity contribution in [3.05, 3.63) is 54.1 Å². The largest absolute Gasteiger partial charge is 0.485 e. The molecular formula is C22H29N3O4S. The van der Waals surface area contributed by atoms with Crippen molar-refractivity contribution in [3.8, 4) is 5.75 Å². The van der Waals surface area contributed by atoms with Gasteiger partial charge in [0.2, 0.25) is 10.0 Å². The molecule has 3 rings (SSSR count). The second kappa shape index (κ2) is 9.06. The van der Waals surface area contributed by atoms with Gasteiger partial charge in [0.25, 0.3) is 5.91 Å². The SMILES string of the molecule is CCN1C[C@H](CN(C)C(=O)c2cccc(S(=O)(=O)NC(C)C)c2)Oc2ccccc21. The summed E-state index contributed by atoms with van der Waals surface area (Å²) in [7, 11) is -1.96. The number of anilines is 1. The molecule has 0 bridgehead atoms. The zero-order valence-corrected chi connectivity index (χ0v) is 18.6. The van der Waals surface area contributed by atoms with Crippen LogP contribution in [-0.2, 0) is 10.0 Å². The molecule has 8 heteroatoms. The minimum atomic E-state index is -3.66. The van der Waals surface area contributed by atoms with E-state index in [1.54, 1.807) is 37.9 Å². The van der Waals surface area contributed by atoms with E-state index in [0.29, 0.717) is 18.7 Å². The Morgan fingerprint density at radius 1 is 1.23 bits per heavy atom. The van der Waals surface area contributed by atoms with Crippen molar-refractivity contribution in [1.29, 1.82) is 0 Å². The van der Waals surface area contributed by atoms with Crippen LogP contribution in [0, 0.1) is 0 Å². The highest BCUT2D eigenvalue weighted by Gasteiger charge is 2.27. The fraction of sp³-hybridized carbons (Fsp3) is 0.409. The quantitative estimate of drug-likeness (QED) is 0.729. The minimum absolute atomic E-state index is 0.0791. The number of hydrogen-bond acceptors (Lipinski definition) is 5. The molecule has 1 aliphatic heterocycles. The summed E-state index contributed by atoms with van der Waals surface area (Å²) in [6.45, 7) is 7.51. The lowest BCUT2D eigenvalue weighted by molar-refractivity contribution is 0.0709. The first-order valence-corrected chi connectivity index (χ1v) is 11.6. The summed E-state index contributed by atoms with van der Waals surface area (Å²) in [6.07, 6.45) is -0.177. The van der Waals surface area contributed by atoms with Crippen LogP contribution in [0.5, 0.6) is 5.75 Å². The van der Waals surface area contributed by atoms with Gasteiger partial charge in [0.1, 0.15) is 11.9 Å². The van der Waals surface area contributed by atoms with Crippen molar-refractivity contribution in [2.75, 3.05) is 31.6 Å². The third-order valence-electron chi connectivity index (χ3n) is 4.91. The van der Waals surface area contributed by atoms with E-state index >= 15 is 0 Å². The normalized spacial score (nSPS) is 16.2.